The molecule has 0 saturated heterocycles. The molecule has 1 aromatic carbocycles. The highest BCUT2D eigenvalue weighted by molar-refractivity contribution is 7.85. The lowest BCUT2D eigenvalue weighted by atomic mass is 10.2. The summed E-state index contributed by atoms with van der Waals surface area (Å²) < 4.78 is 12.4. The van der Waals surface area contributed by atoms with Gasteiger partial charge in [0, 0.05) is 16.0 Å². The molecule has 0 fully saturated rings. The van der Waals surface area contributed by atoms with Gasteiger partial charge in [0.05, 0.1) is 16.0 Å². The molecule has 0 spiro atoms. The Bertz CT molecular complexity index is 383. The van der Waals surface area contributed by atoms with E-state index in [0.717, 1.165) is 17.9 Å². The minimum Gasteiger partial charge on any atom is -0.313 e. The molecule has 0 radical (unpaired) electrons. The van der Waals surface area contributed by atoms with E-state index in [2.05, 4.69) is 19.2 Å². The van der Waals surface area contributed by atoms with Crippen molar-refractivity contribution in [1.82, 2.24) is 5.32 Å². The minimum absolute atomic E-state index is 0.0819. The second kappa shape index (κ2) is 7.14. The van der Waals surface area contributed by atoms with Crippen LogP contribution in [0.25, 0.3) is 0 Å². The van der Waals surface area contributed by atoms with Crippen LogP contribution in [0.2, 0.25) is 5.02 Å². The van der Waals surface area contributed by atoms with Crippen LogP contribution in [0, 0.1) is 0 Å². The predicted molar refractivity (Wildman–Crippen MR) is 75.1 cm³/mol. The predicted octanol–water partition coefficient (Wildman–Crippen LogP) is 3.22. The first-order valence-corrected chi connectivity index (χ1v) is 7.58. The van der Waals surface area contributed by atoms with Crippen molar-refractivity contribution in [2.45, 2.75) is 43.4 Å². The van der Waals surface area contributed by atoms with Crippen molar-refractivity contribution in [3.8, 4) is 0 Å². The lowest BCUT2D eigenvalue weighted by Gasteiger charge is -2.23. The lowest BCUT2D eigenvalue weighted by molar-refractivity contribution is 0.500. The third-order valence-electron chi connectivity index (χ3n) is 2.84. The third-order valence-corrected chi connectivity index (χ3v) is 4.80. The molecule has 3 atom stereocenters. The van der Waals surface area contributed by atoms with Crippen LogP contribution >= 0.6 is 11.6 Å². The van der Waals surface area contributed by atoms with E-state index < -0.39 is 10.8 Å². The second-order valence-electron chi connectivity index (χ2n) is 4.03. The summed E-state index contributed by atoms with van der Waals surface area (Å²) >= 11 is 5.92. The molecule has 3 unspecified atom stereocenters. The van der Waals surface area contributed by atoms with Crippen molar-refractivity contribution in [2.24, 2.45) is 0 Å². The molecule has 1 N–H and O–H groups in total. The fourth-order valence-electron chi connectivity index (χ4n) is 1.86. The Balaban J connectivity index is 2.81. The average Bonchev–Trinajstić information content (AvgIpc) is 2.34. The normalized spacial score (nSPS) is 16.5. The fourth-order valence-corrected chi connectivity index (χ4v) is 3.59. The highest BCUT2D eigenvalue weighted by Crippen LogP contribution is 2.19. The maximum atomic E-state index is 12.4. The zero-order valence-corrected chi connectivity index (χ0v) is 12.1. The molecule has 2 nitrogen and oxygen atoms in total. The van der Waals surface area contributed by atoms with Gasteiger partial charge in [0.15, 0.2) is 0 Å². The molecule has 0 amide bonds. The third kappa shape index (κ3) is 4.09. The molecule has 0 aliphatic carbocycles. The summed E-state index contributed by atoms with van der Waals surface area (Å²) in [7, 11) is -1.02. The summed E-state index contributed by atoms with van der Waals surface area (Å²) in [6, 6.07) is 7.58. The quantitative estimate of drug-likeness (QED) is 0.862. The van der Waals surface area contributed by atoms with Crippen LogP contribution in [0.1, 0.15) is 27.2 Å². The van der Waals surface area contributed by atoms with Crippen LogP contribution in [0.15, 0.2) is 29.2 Å². The first-order chi connectivity index (χ1) is 8.10. The molecule has 0 saturated carbocycles. The average molecular weight is 274 g/mol. The van der Waals surface area contributed by atoms with Gasteiger partial charge in [-0.05, 0) is 38.1 Å². The highest BCUT2D eigenvalue weighted by atomic mass is 35.5. The Morgan fingerprint density at radius 1 is 1.41 bits per heavy atom. The maximum absolute atomic E-state index is 12.4. The first-order valence-electron chi connectivity index (χ1n) is 5.99. The van der Waals surface area contributed by atoms with Crippen molar-refractivity contribution < 1.29 is 4.21 Å². The van der Waals surface area contributed by atoms with E-state index >= 15 is 0 Å². The van der Waals surface area contributed by atoms with Crippen molar-refractivity contribution in [3.63, 3.8) is 0 Å². The van der Waals surface area contributed by atoms with Gasteiger partial charge in [0.1, 0.15) is 0 Å². The van der Waals surface area contributed by atoms with Crippen molar-refractivity contribution in [1.29, 1.82) is 0 Å². The van der Waals surface area contributed by atoms with E-state index in [9.17, 15) is 4.21 Å². The maximum Gasteiger partial charge on any atom is 0.0574 e. The molecule has 96 valence electrons. The smallest absolute Gasteiger partial charge is 0.0574 e. The Kier molecular flexibility index (Phi) is 6.17. The number of rotatable bonds is 6. The monoisotopic (exact) mass is 273 g/mol. The molecule has 0 aliphatic rings. The summed E-state index contributed by atoms with van der Waals surface area (Å²) in [4.78, 5) is 0.807. The molecule has 17 heavy (non-hydrogen) atoms. The molecule has 1 aromatic rings. The van der Waals surface area contributed by atoms with Gasteiger partial charge in [-0.3, -0.25) is 4.21 Å². The van der Waals surface area contributed by atoms with Gasteiger partial charge in [-0.25, -0.2) is 0 Å². The van der Waals surface area contributed by atoms with E-state index in [1.54, 1.807) is 12.1 Å². The van der Waals surface area contributed by atoms with Gasteiger partial charge < -0.3 is 5.32 Å². The van der Waals surface area contributed by atoms with Crippen LogP contribution in [-0.4, -0.2) is 22.0 Å². The Morgan fingerprint density at radius 2 is 2.12 bits per heavy atom. The molecule has 0 aromatic heterocycles. The van der Waals surface area contributed by atoms with Gasteiger partial charge in [-0.15, -0.1) is 0 Å². The van der Waals surface area contributed by atoms with E-state index in [-0.39, 0.29) is 11.3 Å². The van der Waals surface area contributed by atoms with E-state index in [0.29, 0.717) is 5.02 Å². The van der Waals surface area contributed by atoms with Gasteiger partial charge >= 0.3 is 0 Å². The highest BCUT2D eigenvalue weighted by Gasteiger charge is 2.21. The largest absolute Gasteiger partial charge is 0.313 e. The summed E-state index contributed by atoms with van der Waals surface area (Å²) in [5.74, 6) is 0. The van der Waals surface area contributed by atoms with E-state index in [1.165, 1.54) is 0 Å². The zero-order valence-electron chi connectivity index (χ0n) is 10.6. The molecule has 0 bridgehead atoms. The summed E-state index contributed by atoms with van der Waals surface area (Å²) in [5, 5.41) is 4.09. The minimum atomic E-state index is -1.02. The second-order valence-corrected chi connectivity index (χ2v) is 6.28. The standard InChI is InChI=1S/C13H20ClNOS/c1-4-13(15-5-2)10(3)17(16)12-8-6-7-11(14)9-12/h6-10,13,15H,4-5H2,1-3H3. The Morgan fingerprint density at radius 3 is 2.65 bits per heavy atom. The first kappa shape index (κ1) is 14.7. The zero-order chi connectivity index (χ0) is 12.8. The van der Waals surface area contributed by atoms with Gasteiger partial charge in [-0.1, -0.05) is 31.5 Å². The van der Waals surface area contributed by atoms with Gasteiger partial charge in [0.2, 0.25) is 0 Å². The van der Waals surface area contributed by atoms with Crippen molar-refractivity contribution in [3.05, 3.63) is 29.3 Å². The number of halogens is 1. The summed E-state index contributed by atoms with van der Waals surface area (Å²) in [5.41, 5.74) is 0. The SMILES string of the molecule is CCNC(CC)C(C)S(=O)c1cccc(Cl)c1. The number of nitrogens with one attached hydrogen (secondary N) is 1. The van der Waals surface area contributed by atoms with Crippen LogP contribution < -0.4 is 5.32 Å². The van der Waals surface area contributed by atoms with Crippen LogP contribution in [0.4, 0.5) is 0 Å². The fraction of sp³-hybridized carbons (Fsp3) is 0.538. The van der Waals surface area contributed by atoms with Gasteiger partial charge in [-0.2, -0.15) is 0 Å². The molecular formula is C13H20ClNOS. The topological polar surface area (TPSA) is 29.1 Å². The molecule has 0 aliphatic heterocycles. The van der Waals surface area contributed by atoms with Crippen molar-refractivity contribution in [2.75, 3.05) is 6.54 Å². The van der Waals surface area contributed by atoms with E-state index in [1.807, 2.05) is 19.1 Å². The lowest BCUT2D eigenvalue weighted by Crippen LogP contribution is -2.39. The summed E-state index contributed by atoms with van der Waals surface area (Å²) in [6.45, 7) is 7.10. The molecule has 1 rings (SSSR count). The number of hydrogen-bond donors (Lipinski definition) is 1. The molecule has 0 heterocycles. The number of hydrogen-bond acceptors (Lipinski definition) is 2. The summed E-state index contributed by atoms with van der Waals surface area (Å²) in [6.07, 6.45) is 0.974. The molecule has 4 heteroatoms. The Hall–Kier alpha value is -0.380. The van der Waals surface area contributed by atoms with Crippen molar-refractivity contribution >= 4 is 22.4 Å². The van der Waals surface area contributed by atoms with Crippen LogP contribution in [0.5, 0.6) is 0 Å². The Labute approximate surface area is 111 Å². The van der Waals surface area contributed by atoms with Gasteiger partial charge in [0.25, 0.3) is 0 Å². The van der Waals surface area contributed by atoms with Crippen LogP contribution in [-0.2, 0) is 10.8 Å². The van der Waals surface area contributed by atoms with Crippen LogP contribution in [0.3, 0.4) is 0 Å². The molecular weight excluding hydrogens is 254 g/mol. The van der Waals surface area contributed by atoms with E-state index in [4.69, 9.17) is 11.6 Å². The number of benzene rings is 1.